The van der Waals surface area contributed by atoms with Gasteiger partial charge in [-0.2, -0.15) is 0 Å². The number of phenolic OH excluding ortho intramolecular Hbond substituents is 2. The lowest BCUT2D eigenvalue weighted by atomic mass is 9.77. The molecule has 2 N–H and O–H groups in total. The summed E-state index contributed by atoms with van der Waals surface area (Å²) in [5.41, 5.74) is -1.28. The van der Waals surface area contributed by atoms with Crippen molar-refractivity contribution in [1.82, 2.24) is 0 Å². The minimum atomic E-state index is -1.59. The van der Waals surface area contributed by atoms with Crippen LogP contribution in [-0.4, -0.2) is 16.2 Å². The van der Waals surface area contributed by atoms with Gasteiger partial charge in [-0.3, -0.25) is 0 Å². The number of hydrogen-bond acceptors (Lipinski definition) is 5. The Hall–Kier alpha value is -3.61. The third-order valence-electron chi connectivity index (χ3n) is 4.83. The fourth-order valence-electron chi connectivity index (χ4n) is 3.72. The van der Waals surface area contributed by atoms with Crippen molar-refractivity contribution in [2.24, 2.45) is 0 Å². The minimum Gasteiger partial charge on any atom is -0.508 e. The van der Waals surface area contributed by atoms with Gasteiger partial charge in [0.25, 0.3) is 0 Å². The van der Waals surface area contributed by atoms with Gasteiger partial charge in [-0.05, 0) is 30.3 Å². The Balaban J connectivity index is 1.92. The van der Waals surface area contributed by atoms with Crippen LogP contribution in [0.15, 0.2) is 48.5 Å². The van der Waals surface area contributed by atoms with Crippen LogP contribution in [0.3, 0.4) is 0 Å². The van der Waals surface area contributed by atoms with Gasteiger partial charge in [-0.25, -0.2) is 13.6 Å². The first kappa shape index (κ1) is 15.6. The van der Waals surface area contributed by atoms with Gasteiger partial charge in [-0.15, -0.1) is 0 Å². The molecule has 5 nitrogen and oxygen atoms in total. The molecule has 0 aromatic heterocycles. The maximum absolute atomic E-state index is 14.4. The van der Waals surface area contributed by atoms with Gasteiger partial charge < -0.3 is 19.7 Å². The highest BCUT2D eigenvalue weighted by Crippen LogP contribution is 2.57. The van der Waals surface area contributed by atoms with Gasteiger partial charge in [0.05, 0.1) is 0 Å². The topological polar surface area (TPSA) is 76.0 Å². The number of rotatable bonds is 0. The zero-order valence-electron chi connectivity index (χ0n) is 13.5. The van der Waals surface area contributed by atoms with E-state index in [1.807, 2.05) is 0 Å². The predicted molar refractivity (Wildman–Crippen MR) is 87.9 cm³/mol. The molecular formula is C20H10F2O5. The van der Waals surface area contributed by atoms with Crippen LogP contribution in [0.25, 0.3) is 0 Å². The highest BCUT2D eigenvalue weighted by atomic mass is 19.2. The van der Waals surface area contributed by atoms with E-state index in [-0.39, 0.29) is 28.6 Å². The third-order valence-corrected chi connectivity index (χ3v) is 4.83. The fourth-order valence-corrected chi connectivity index (χ4v) is 3.72. The number of benzene rings is 3. The molecule has 0 atom stereocenters. The lowest BCUT2D eigenvalue weighted by molar-refractivity contribution is 0.0222. The fraction of sp³-hybridized carbons (Fsp3) is 0.0500. The molecule has 0 bridgehead atoms. The predicted octanol–water partition coefficient (Wildman–Crippen LogP) is 3.94. The Morgan fingerprint density at radius 3 is 1.96 bits per heavy atom. The van der Waals surface area contributed by atoms with Gasteiger partial charge in [0.1, 0.15) is 28.6 Å². The van der Waals surface area contributed by atoms with Crippen LogP contribution in [0.5, 0.6) is 23.0 Å². The third kappa shape index (κ3) is 1.88. The van der Waals surface area contributed by atoms with Crippen molar-refractivity contribution in [3.05, 3.63) is 82.4 Å². The lowest BCUT2D eigenvalue weighted by Crippen LogP contribution is -2.32. The van der Waals surface area contributed by atoms with Crippen LogP contribution < -0.4 is 4.74 Å². The molecule has 1 spiro atoms. The molecule has 0 unspecified atom stereocenters. The monoisotopic (exact) mass is 368 g/mol. The number of carbonyl (C=O) groups excluding carboxylic acids is 1. The molecule has 0 radical (unpaired) electrons. The van der Waals surface area contributed by atoms with Crippen molar-refractivity contribution in [2.45, 2.75) is 5.60 Å². The first-order valence-corrected chi connectivity index (χ1v) is 7.98. The van der Waals surface area contributed by atoms with Gasteiger partial charge in [0, 0.05) is 28.8 Å². The molecule has 0 aliphatic carbocycles. The first-order valence-electron chi connectivity index (χ1n) is 7.98. The van der Waals surface area contributed by atoms with E-state index in [0.29, 0.717) is 11.1 Å². The maximum Gasteiger partial charge on any atom is 0.343 e. The van der Waals surface area contributed by atoms with Crippen molar-refractivity contribution >= 4 is 5.97 Å². The summed E-state index contributed by atoms with van der Waals surface area (Å²) >= 11 is 0. The summed E-state index contributed by atoms with van der Waals surface area (Å²) in [7, 11) is 0. The van der Waals surface area contributed by atoms with E-state index < -0.39 is 28.8 Å². The molecule has 0 saturated heterocycles. The normalized spacial score (nSPS) is 15.6. The number of ether oxygens (including phenoxy) is 2. The zero-order valence-corrected chi connectivity index (χ0v) is 13.5. The number of carbonyl (C=O) groups is 1. The molecular weight excluding hydrogens is 358 g/mol. The molecule has 2 heterocycles. The van der Waals surface area contributed by atoms with Crippen LogP contribution in [0.4, 0.5) is 8.78 Å². The largest absolute Gasteiger partial charge is 0.508 e. The van der Waals surface area contributed by atoms with Crippen LogP contribution in [0, 0.1) is 11.6 Å². The second-order valence-corrected chi connectivity index (χ2v) is 6.32. The molecule has 0 amide bonds. The van der Waals surface area contributed by atoms with E-state index in [9.17, 15) is 23.8 Å². The first-order chi connectivity index (χ1) is 12.9. The number of esters is 1. The second-order valence-electron chi connectivity index (χ2n) is 6.32. The standard InChI is InChI=1S/C20H10F2O5/c21-14-6-5-13-17(18(14)22)19(25)27-20(13)11-3-1-9(23)7-15(11)26-16-8-10(24)2-4-12(16)20/h1-8,23-24H. The van der Waals surface area contributed by atoms with E-state index in [1.54, 1.807) is 0 Å². The van der Waals surface area contributed by atoms with Crippen LogP contribution in [0.1, 0.15) is 27.0 Å². The molecule has 134 valence electrons. The molecule has 2 aliphatic rings. The average Bonchev–Trinajstić information content (AvgIpc) is 2.91. The van der Waals surface area contributed by atoms with Crippen molar-refractivity contribution in [3.8, 4) is 23.0 Å². The van der Waals surface area contributed by atoms with Gasteiger partial charge in [0.2, 0.25) is 0 Å². The van der Waals surface area contributed by atoms with Crippen LogP contribution >= 0.6 is 0 Å². The number of halogens is 2. The minimum absolute atomic E-state index is 0.0951. The van der Waals surface area contributed by atoms with Gasteiger partial charge in [0.15, 0.2) is 17.2 Å². The number of phenols is 2. The number of fused-ring (bicyclic) bond motifs is 6. The summed E-state index contributed by atoms with van der Waals surface area (Å²) in [6, 6.07) is 10.6. The van der Waals surface area contributed by atoms with E-state index in [4.69, 9.17) is 9.47 Å². The van der Waals surface area contributed by atoms with E-state index in [1.165, 1.54) is 42.5 Å². The van der Waals surface area contributed by atoms with Crippen molar-refractivity contribution < 1.29 is 33.3 Å². The molecule has 0 saturated carbocycles. The quantitative estimate of drug-likeness (QED) is 0.588. The van der Waals surface area contributed by atoms with Crippen LogP contribution in [-0.2, 0) is 10.3 Å². The summed E-state index contributed by atoms with van der Waals surface area (Å²) in [4.78, 5) is 12.5. The summed E-state index contributed by atoms with van der Waals surface area (Å²) in [6.45, 7) is 0. The van der Waals surface area contributed by atoms with E-state index in [2.05, 4.69) is 0 Å². The molecule has 3 aromatic carbocycles. The molecule has 3 aromatic rings. The average molecular weight is 368 g/mol. The summed E-state index contributed by atoms with van der Waals surface area (Å²) in [5.74, 6) is -3.32. The SMILES string of the molecule is O=C1OC2(c3ccc(O)cc3Oc3cc(O)ccc32)c2ccc(F)c(F)c21. The number of aromatic hydroxyl groups is 2. The van der Waals surface area contributed by atoms with Crippen molar-refractivity contribution in [1.29, 1.82) is 0 Å². The molecule has 5 rings (SSSR count). The Bertz CT molecular complexity index is 1100. The lowest BCUT2D eigenvalue weighted by Gasteiger charge is -2.36. The Labute approximate surface area is 151 Å². The van der Waals surface area contributed by atoms with Gasteiger partial charge in [-0.1, -0.05) is 6.07 Å². The van der Waals surface area contributed by atoms with E-state index in [0.717, 1.165) is 6.07 Å². The van der Waals surface area contributed by atoms with Crippen molar-refractivity contribution in [3.63, 3.8) is 0 Å². The molecule has 2 aliphatic heterocycles. The maximum atomic E-state index is 14.4. The second kappa shape index (κ2) is 4.97. The smallest absolute Gasteiger partial charge is 0.343 e. The Kier molecular flexibility index (Phi) is 2.88. The Morgan fingerprint density at radius 1 is 0.815 bits per heavy atom. The van der Waals surface area contributed by atoms with E-state index >= 15 is 0 Å². The summed E-state index contributed by atoms with van der Waals surface area (Å²) < 4.78 is 39.5. The zero-order chi connectivity index (χ0) is 18.9. The molecule has 27 heavy (non-hydrogen) atoms. The Morgan fingerprint density at radius 2 is 1.37 bits per heavy atom. The van der Waals surface area contributed by atoms with Crippen molar-refractivity contribution in [2.75, 3.05) is 0 Å². The molecule has 7 heteroatoms. The van der Waals surface area contributed by atoms with Crippen LogP contribution in [0.2, 0.25) is 0 Å². The molecule has 0 fully saturated rings. The van der Waals surface area contributed by atoms with Gasteiger partial charge >= 0.3 is 5.97 Å². The number of hydrogen-bond donors (Lipinski definition) is 2. The summed E-state index contributed by atoms with van der Waals surface area (Å²) in [6.07, 6.45) is 0. The highest BCUT2D eigenvalue weighted by Gasteiger charge is 2.55. The highest BCUT2D eigenvalue weighted by molar-refractivity contribution is 5.97. The summed E-state index contributed by atoms with van der Waals surface area (Å²) in [5, 5.41) is 19.6.